The number of thiophene rings is 1. The molecule has 0 atom stereocenters. The molecule has 5 aromatic rings. The van der Waals surface area contributed by atoms with Crippen LogP contribution in [0.25, 0.3) is 9.88 Å². The van der Waals surface area contributed by atoms with Crippen LogP contribution in [0.3, 0.4) is 0 Å². The first kappa shape index (κ1) is 28.5. The van der Waals surface area contributed by atoms with Crippen molar-refractivity contribution in [2.45, 2.75) is 6.92 Å². The fourth-order valence-electron chi connectivity index (χ4n) is 4.64. The van der Waals surface area contributed by atoms with Crippen molar-refractivity contribution in [2.24, 2.45) is 0 Å². The zero-order chi connectivity index (χ0) is 29.8. The number of likely N-dealkylation sites (N-methyl/N-ethyl adjacent to an activating group) is 1. The highest BCUT2D eigenvalue weighted by Crippen LogP contribution is 2.28. The molecule has 218 valence electrons. The molecule has 1 aliphatic heterocycles. The maximum Gasteiger partial charge on any atom is 0.275 e. The molecule has 0 bridgehead atoms. The fourth-order valence-corrected chi connectivity index (χ4v) is 6.25. The van der Waals surface area contributed by atoms with Gasteiger partial charge < -0.3 is 25.8 Å². The third kappa shape index (κ3) is 6.88. The summed E-state index contributed by atoms with van der Waals surface area (Å²) in [5.41, 5.74) is 4.56. The predicted octanol–water partition coefficient (Wildman–Crippen LogP) is 5.97. The number of carbonyl (C=O) groups excluding carboxylic acids is 2. The van der Waals surface area contributed by atoms with Gasteiger partial charge in [-0.1, -0.05) is 12.1 Å². The summed E-state index contributed by atoms with van der Waals surface area (Å²) in [6.45, 7) is 5.99. The molecule has 10 nitrogen and oxygen atoms in total. The third-order valence-corrected chi connectivity index (χ3v) is 8.99. The number of amides is 2. The monoisotopic (exact) mass is 610 g/mol. The molecule has 2 amide bonds. The Kier molecular flexibility index (Phi) is 8.40. The third-order valence-electron chi connectivity index (χ3n) is 7.11. The second-order valence-corrected chi connectivity index (χ2v) is 12.0. The van der Waals surface area contributed by atoms with E-state index in [1.165, 1.54) is 17.0 Å². The largest absolute Gasteiger partial charge is 0.369 e. The van der Waals surface area contributed by atoms with Gasteiger partial charge in [-0.15, -0.1) is 22.7 Å². The van der Waals surface area contributed by atoms with Crippen LogP contribution < -0.4 is 20.9 Å². The van der Waals surface area contributed by atoms with Crippen LogP contribution in [0.15, 0.2) is 77.8 Å². The molecule has 1 fully saturated rings. The van der Waals surface area contributed by atoms with E-state index in [1.54, 1.807) is 47.3 Å². The number of hydrogen-bond donors (Lipinski definition) is 3. The van der Waals surface area contributed by atoms with E-state index in [9.17, 15) is 9.59 Å². The second kappa shape index (κ2) is 12.7. The second-order valence-electron chi connectivity index (χ2n) is 10.2. The summed E-state index contributed by atoms with van der Waals surface area (Å²) >= 11 is 2.99. The lowest BCUT2D eigenvalue weighted by Crippen LogP contribution is -2.44. The first-order valence-corrected chi connectivity index (χ1v) is 15.5. The van der Waals surface area contributed by atoms with Gasteiger partial charge in [0, 0.05) is 54.2 Å². The minimum Gasteiger partial charge on any atom is -0.369 e. The Morgan fingerprint density at radius 1 is 0.837 bits per heavy atom. The Bertz CT molecular complexity index is 1710. The van der Waals surface area contributed by atoms with Crippen LogP contribution in [0.1, 0.15) is 26.4 Å². The quantitative estimate of drug-likeness (QED) is 0.197. The van der Waals surface area contributed by atoms with Crippen molar-refractivity contribution in [1.29, 1.82) is 0 Å². The van der Waals surface area contributed by atoms with Crippen LogP contribution in [0.4, 0.5) is 28.7 Å². The Morgan fingerprint density at radius 3 is 2.28 bits per heavy atom. The summed E-state index contributed by atoms with van der Waals surface area (Å²) in [6, 6.07) is 17.3. The highest BCUT2D eigenvalue weighted by molar-refractivity contribution is 7.20. The molecule has 6 rings (SSSR count). The van der Waals surface area contributed by atoms with Crippen molar-refractivity contribution >= 4 is 63.2 Å². The number of nitrogens with zero attached hydrogens (tertiary/aromatic N) is 5. The topological polar surface area (TPSA) is 115 Å². The highest BCUT2D eigenvalue weighted by atomic mass is 32.1. The number of hydrogen-bond acceptors (Lipinski definition) is 10. The average molecular weight is 611 g/mol. The van der Waals surface area contributed by atoms with E-state index in [1.807, 2.05) is 36.6 Å². The summed E-state index contributed by atoms with van der Waals surface area (Å²) in [4.78, 5) is 44.9. The molecule has 0 spiro atoms. The number of benzene rings is 2. The standard InChI is InChI=1S/C31H30N8O2S2/c1-20-5-6-22(34-29(41)26-19-43-30(37-26)27-4-3-15-42-27)16-25(20)28(40)35-23-17-32-31(33-18-23)36-21-7-9-24(10-8-21)39-13-11-38(2)12-14-39/h3-10,15-19H,11-14H2,1-2H3,(H,34,41)(H,35,40)(H,32,33,36). The summed E-state index contributed by atoms with van der Waals surface area (Å²) < 4.78 is 0. The van der Waals surface area contributed by atoms with Gasteiger partial charge in [-0.2, -0.15) is 0 Å². The van der Waals surface area contributed by atoms with Crippen LogP contribution in [0, 0.1) is 6.92 Å². The van der Waals surface area contributed by atoms with Gasteiger partial charge in [0.25, 0.3) is 11.8 Å². The lowest BCUT2D eigenvalue weighted by Gasteiger charge is -2.34. The van der Waals surface area contributed by atoms with Gasteiger partial charge in [0.15, 0.2) is 0 Å². The Labute approximate surface area is 257 Å². The Morgan fingerprint density at radius 2 is 1.56 bits per heavy atom. The normalized spacial score (nSPS) is 13.5. The van der Waals surface area contributed by atoms with E-state index in [0.717, 1.165) is 47.3 Å². The molecule has 0 unspecified atom stereocenters. The average Bonchev–Trinajstić information content (AvgIpc) is 3.73. The molecule has 3 N–H and O–H groups in total. The maximum absolute atomic E-state index is 13.1. The molecule has 0 saturated carbocycles. The van der Waals surface area contributed by atoms with Crippen molar-refractivity contribution in [1.82, 2.24) is 19.9 Å². The van der Waals surface area contributed by atoms with E-state index in [0.29, 0.717) is 28.6 Å². The zero-order valence-corrected chi connectivity index (χ0v) is 25.3. The molecule has 2 aromatic carbocycles. The minimum atomic E-state index is -0.334. The van der Waals surface area contributed by atoms with Crippen LogP contribution in [-0.4, -0.2) is 64.9 Å². The van der Waals surface area contributed by atoms with Crippen LogP contribution >= 0.6 is 22.7 Å². The smallest absolute Gasteiger partial charge is 0.275 e. The van der Waals surface area contributed by atoms with Crippen LogP contribution in [0.5, 0.6) is 0 Å². The van der Waals surface area contributed by atoms with Crippen LogP contribution in [-0.2, 0) is 0 Å². The number of thiazole rings is 1. The molecule has 1 saturated heterocycles. The molecule has 12 heteroatoms. The van der Waals surface area contributed by atoms with Gasteiger partial charge in [-0.05, 0) is 67.4 Å². The summed E-state index contributed by atoms with van der Waals surface area (Å²) in [6.07, 6.45) is 3.11. The number of anilines is 5. The number of aromatic nitrogens is 3. The molecule has 1 aliphatic rings. The van der Waals surface area contributed by atoms with E-state index < -0.39 is 0 Å². The number of carbonyl (C=O) groups is 2. The highest BCUT2D eigenvalue weighted by Gasteiger charge is 2.16. The predicted molar refractivity (Wildman–Crippen MR) is 174 cm³/mol. The number of nitrogens with one attached hydrogen (secondary N) is 3. The molecular formula is C31H30N8O2S2. The lowest BCUT2D eigenvalue weighted by molar-refractivity contribution is 0.101. The fraction of sp³-hybridized carbons (Fsp3) is 0.194. The van der Waals surface area contributed by atoms with Crippen molar-refractivity contribution in [3.05, 3.63) is 94.6 Å². The summed E-state index contributed by atoms with van der Waals surface area (Å²) in [5.74, 6) is -0.235. The summed E-state index contributed by atoms with van der Waals surface area (Å²) in [7, 11) is 2.15. The molecule has 4 heterocycles. The first-order valence-electron chi connectivity index (χ1n) is 13.8. The maximum atomic E-state index is 13.1. The number of rotatable bonds is 8. The molecule has 3 aromatic heterocycles. The zero-order valence-electron chi connectivity index (χ0n) is 23.7. The van der Waals surface area contributed by atoms with Crippen LogP contribution in [0.2, 0.25) is 0 Å². The van der Waals surface area contributed by atoms with E-state index in [2.05, 4.69) is 59.9 Å². The SMILES string of the molecule is Cc1ccc(NC(=O)c2csc(-c3cccs3)n2)cc1C(=O)Nc1cnc(Nc2ccc(N3CCN(C)CC3)cc2)nc1. The molecule has 0 aliphatic carbocycles. The van der Waals surface area contributed by atoms with Gasteiger partial charge in [0.2, 0.25) is 5.95 Å². The van der Waals surface area contributed by atoms with E-state index in [4.69, 9.17) is 0 Å². The molecule has 0 radical (unpaired) electrons. The van der Waals surface area contributed by atoms with Crippen molar-refractivity contribution in [3.8, 4) is 9.88 Å². The lowest BCUT2D eigenvalue weighted by atomic mass is 10.1. The molecular weight excluding hydrogens is 581 g/mol. The van der Waals surface area contributed by atoms with Gasteiger partial charge in [-0.3, -0.25) is 9.59 Å². The summed E-state index contributed by atoms with van der Waals surface area (Å²) in [5, 5.41) is 13.4. The number of aryl methyl sites for hydroxylation is 1. The minimum absolute atomic E-state index is 0.328. The Balaban J connectivity index is 1.05. The van der Waals surface area contributed by atoms with Crippen molar-refractivity contribution in [3.63, 3.8) is 0 Å². The van der Waals surface area contributed by atoms with Gasteiger partial charge >= 0.3 is 0 Å². The van der Waals surface area contributed by atoms with E-state index >= 15 is 0 Å². The van der Waals surface area contributed by atoms with E-state index in [-0.39, 0.29) is 11.8 Å². The first-order chi connectivity index (χ1) is 20.9. The van der Waals surface area contributed by atoms with Crippen molar-refractivity contribution < 1.29 is 9.59 Å². The van der Waals surface area contributed by atoms with Crippen molar-refractivity contribution in [2.75, 3.05) is 54.1 Å². The van der Waals surface area contributed by atoms with Gasteiger partial charge in [0.05, 0.1) is 23.0 Å². The molecule has 43 heavy (non-hydrogen) atoms. The Hall–Kier alpha value is -4.65. The van der Waals surface area contributed by atoms with Gasteiger partial charge in [-0.25, -0.2) is 15.0 Å². The number of piperazine rings is 1. The van der Waals surface area contributed by atoms with Gasteiger partial charge in [0.1, 0.15) is 10.7 Å².